The second-order valence-electron chi connectivity index (χ2n) is 4.27. The van der Waals surface area contributed by atoms with Crippen LogP contribution in [0.1, 0.15) is 0 Å². The molecule has 1 aliphatic rings. The molecule has 17 heavy (non-hydrogen) atoms. The lowest BCUT2D eigenvalue weighted by atomic mass is 10.1. The number of hydrogen-bond acceptors (Lipinski definition) is 5. The Bertz CT molecular complexity index is 354. The number of nitriles is 2. The van der Waals surface area contributed by atoms with Crippen molar-refractivity contribution in [1.82, 2.24) is 14.7 Å². The standard InChI is InChI=1S/C11H17N5O/c1-14(2)11(17)10-9-15(5-3-12)7-8-16(10)6-4-13/h10H,5-9H2,1-2H3. The monoisotopic (exact) mass is 235 g/mol. The predicted octanol–water partition coefficient (Wildman–Crippen LogP) is -0.892. The molecular weight excluding hydrogens is 218 g/mol. The van der Waals surface area contributed by atoms with Crippen LogP contribution in [-0.2, 0) is 4.79 Å². The maximum absolute atomic E-state index is 12.0. The van der Waals surface area contributed by atoms with Gasteiger partial charge in [-0.3, -0.25) is 14.6 Å². The third-order valence-corrected chi connectivity index (χ3v) is 2.87. The molecule has 6 nitrogen and oxygen atoms in total. The molecule has 0 spiro atoms. The highest BCUT2D eigenvalue weighted by Gasteiger charge is 2.32. The number of carbonyl (C=O) groups is 1. The van der Waals surface area contributed by atoms with Crippen molar-refractivity contribution in [1.29, 1.82) is 10.5 Å². The molecule has 0 bridgehead atoms. The lowest BCUT2D eigenvalue weighted by Gasteiger charge is -2.39. The first-order chi connectivity index (χ1) is 8.10. The SMILES string of the molecule is CN(C)C(=O)C1CN(CC#N)CCN1CC#N. The van der Waals surface area contributed by atoms with Gasteiger partial charge in [0.2, 0.25) is 5.91 Å². The van der Waals surface area contributed by atoms with E-state index in [1.54, 1.807) is 14.1 Å². The van der Waals surface area contributed by atoms with Crippen molar-refractivity contribution in [3.8, 4) is 12.1 Å². The molecule has 0 aromatic carbocycles. The first-order valence-electron chi connectivity index (χ1n) is 5.51. The highest BCUT2D eigenvalue weighted by atomic mass is 16.2. The molecule has 1 aliphatic heterocycles. The lowest BCUT2D eigenvalue weighted by molar-refractivity contribution is -0.136. The predicted molar refractivity (Wildman–Crippen MR) is 61.7 cm³/mol. The van der Waals surface area contributed by atoms with Crippen LogP contribution in [0.2, 0.25) is 0 Å². The molecule has 1 rings (SSSR count). The molecule has 0 aromatic rings. The quantitative estimate of drug-likeness (QED) is 0.593. The molecule has 1 heterocycles. The van der Waals surface area contributed by atoms with Gasteiger partial charge < -0.3 is 4.90 Å². The third-order valence-electron chi connectivity index (χ3n) is 2.87. The van der Waals surface area contributed by atoms with E-state index in [4.69, 9.17) is 10.5 Å². The van der Waals surface area contributed by atoms with Gasteiger partial charge in [0.1, 0.15) is 6.04 Å². The van der Waals surface area contributed by atoms with Gasteiger partial charge >= 0.3 is 0 Å². The summed E-state index contributed by atoms with van der Waals surface area (Å²) in [6, 6.07) is 3.86. The molecule has 0 saturated carbocycles. The number of hydrogen-bond donors (Lipinski definition) is 0. The fraction of sp³-hybridized carbons (Fsp3) is 0.727. The zero-order chi connectivity index (χ0) is 12.8. The van der Waals surface area contributed by atoms with E-state index in [9.17, 15) is 4.79 Å². The molecule has 0 aromatic heterocycles. The molecule has 0 radical (unpaired) electrons. The zero-order valence-electron chi connectivity index (χ0n) is 10.3. The van der Waals surface area contributed by atoms with Crippen molar-refractivity contribution < 1.29 is 4.79 Å². The van der Waals surface area contributed by atoms with Crippen molar-refractivity contribution in [2.75, 3.05) is 46.8 Å². The van der Waals surface area contributed by atoms with Crippen LogP contribution in [0.5, 0.6) is 0 Å². The van der Waals surface area contributed by atoms with Crippen LogP contribution in [0.25, 0.3) is 0 Å². The Labute approximate surface area is 102 Å². The first-order valence-corrected chi connectivity index (χ1v) is 5.51. The molecule has 0 aliphatic carbocycles. The van der Waals surface area contributed by atoms with Crippen molar-refractivity contribution in [3.05, 3.63) is 0 Å². The fourth-order valence-corrected chi connectivity index (χ4v) is 1.93. The van der Waals surface area contributed by atoms with Gasteiger partial charge in [-0.1, -0.05) is 0 Å². The van der Waals surface area contributed by atoms with E-state index in [0.717, 1.165) is 6.54 Å². The Hall–Kier alpha value is -1.63. The van der Waals surface area contributed by atoms with Crippen LogP contribution >= 0.6 is 0 Å². The molecule has 0 N–H and O–H groups in total. The Morgan fingerprint density at radius 1 is 1.29 bits per heavy atom. The summed E-state index contributed by atoms with van der Waals surface area (Å²) in [5.74, 6) is -0.0112. The van der Waals surface area contributed by atoms with E-state index in [1.807, 2.05) is 9.80 Å². The van der Waals surface area contributed by atoms with Crippen molar-refractivity contribution in [2.24, 2.45) is 0 Å². The summed E-state index contributed by atoms with van der Waals surface area (Å²) in [5.41, 5.74) is 0. The van der Waals surface area contributed by atoms with Crippen LogP contribution in [0.15, 0.2) is 0 Å². The maximum Gasteiger partial charge on any atom is 0.240 e. The fourth-order valence-electron chi connectivity index (χ4n) is 1.93. The molecule has 1 unspecified atom stereocenters. The summed E-state index contributed by atoms with van der Waals surface area (Å²) in [6.45, 7) is 2.49. The van der Waals surface area contributed by atoms with Gasteiger partial charge in [0, 0.05) is 33.7 Å². The first kappa shape index (κ1) is 13.4. The van der Waals surface area contributed by atoms with Gasteiger partial charge in [0.15, 0.2) is 0 Å². The van der Waals surface area contributed by atoms with Gasteiger partial charge in [-0.2, -0.15) is 10.5 Å². The van der Waals surface area contributed by atoms with E-state index in [0.29, 0.717) is 19.6 Å². The smallest absolute Gasteiger partial charge is 0.240 e. The highest BCUT2D eigenvalue weighted by molar-refractivity contribution is 5.81. The van der Waals surface area contributed by atoms with Gasteiger partial charge in [-0.25, -0.2) is 0 Å². The zero-order valence-corrected chi connectivity index (χ0v) is 10.3. The minimum absolute atomic E-state index is 0.0112. The largest absolute Gasteiger partial charge is 0.347 e. The summed E-state index contributed by atoms with van der Waals surface area (Å²) in [4.78, 5) is 17.3. The van der Waals surface area contributed by atoms with E-state index >= 15 is 0 Å². The average molecular weight is 235 g/mol. The Morgan fingerprint density at radius 3 is 2.47 bits per heavy atom. The molecular formula is C11H17N5O. The van der Waals surface area contributed by atoms with Crippen molar-refractivity contribution in [3.63, 3.8) is 0 Å². The number of amides is 1. The summed E-state index contributed by atoms with van der Waals surface area (Å²) < 4.78 is 0. The highest BCUT2D eigenvalue weighted by Crippen LogP contribution is 2.11. The van der Waals surface area contributed by atoms with Gasteiger partial charge in [0.25, 0.3) is 0 Å². The van der Waals surface area contributed by atoms with E-state index < -0.39 is 0 Å². The normalized spacial score (nSPS) is 21.5. The lowest BCUT2D eigenvalue weighted by Crippen LogP contribution is -2.58. The number of piperazine rings is 1. The number of nitrogens with zero attached hydrogens (tertiary/aromatic N) is 5. The Kier molecular flexibility index (Phi) is 4.89. The van der Waals surface area contributed by atoms with Crippen molar-refractivity contribution in [2.45, 2.75) is 6.04 Å². The second-order valence-corrected chi connectivity index (χ2v) is 4.27. The van der Waals surface area contributed by atoms with E-state index in [-0.39, 0.29) is 18.5 Å². The second kappa shape index (κ2) is 6.19. The molecule has 1 amide bonds. The summed E-state index contributed by atoms with van der Waals surface area (Å²) in [7, 11) is 3.41. The minimum atomic E-state index is -0.313. The molecule has 1 atom stereocenters. The Balaban J connectivity index is 2.73. The van der Waals surface area contributed by atoms with Crippen LogP contribution < -0.4 is 0 Å². The summed E-state index contributed by atoms with van der Waals surface area (Å²) >= 11 is 0. The third kappa shape index (κ3) is 3.42. The molecule has 1 fully saturated rings. The summed E-state index contributed by atoms with van der Waals surface area (Å²) in [6.07, 6.45) is 0. The topological polar surface area (TPSA) is 74.4 Å². The van der Waals surface area contributed by atoms with Gasteiger partial charge in [-0.05, 0) is 0 Å². The summed E-state index contributed by atoms with van der Waals surface area (Å²) in [5, 5.41) is 17.4. The van der Waals surface area contributed by atoms with E-state index in [1.165, 1.54) is 4.90 Å². The van der Waals surface area contributed by atoms with Gasteiger partial charge in [0.05, 0.1) is 25.2 Å². The maximum atomic E-state index is 12.0. The number of carbonyl (C=O) groups excluding carboxylic acids is 1. The van der Waals surface area contributed by atoms with Crippen LogP contribution in [0, 0.1) is 22.7 Å². The Morgan fingerprint density at radius 2 is 1.94 bits per heavy atom. The van der Waals surface area contributed by atoms with Crippen LogP contribution in [0.4, 0.5) is 0 Å². The number of likely N-dealkylation sites (N-methyl/N-ethyl adjacent to an activating group) is 1. The van der Waals surface area contributed by atoms with Crippen LogP contribution in [-0.4, -0.2) is 73.5 Å². The molecule has 6 heteroatoms. The average Bonchev–Trinajstić information content (AvgIpc) is 2.30. The van der Waals surface area contributed by atoms with Gasteiger partial charge in [-0.15, -0.1) is 0 Å². The molecule has 1 saturated heterocycles. The van der Waals surface area contributed by atoms with Crippen molar-refractivity contribution >= 4 is 5.91 Å². The van der Waals surface area contributed by atoms with Crippen LogP contribution in [0.3, 0.4) is 0 Å². The minimum Gasteiger partial charge on any atom is -0.347 e. The molecule has 92 valence electrons. The number of rotatable bonds is 3. The van der Waals surface area contributed by atoms with E-state index in [2.05, 4.69) is 12.1 Å².